The molecule has 0 saturated carbocycles. The average molecular weight is 295 g/mol. The molecular formula is C13H17N3O5. The number of hydrogen-bond acceptors (Lipinski definition) is 7. The lowest BCUT2D eigenvalue weighted by Gasteiger charge is -2.18. The lowest BCUT2D eigenvalue weighted by molar-refractivity contribution is -0.147. The quantitative estimate of drug-likeness (QED) is 0.738. The fourth-order valence-corrected chi connectivity index (χ4v) is 1.77. The van der Waals surface area contributed by atoms with Crippen LogP contribution in [0.3, 0.4) is 0 Å². The monoisotopic (exact) mass is 295 g/mol. The summed E-state index contributed by atoms with van der Waals surface area (Å²) in [5, 5.41) is 9.92. The second-order valence-corrected chi connectivity index (χ2v) is 4.94. The number of aliphatic hydroxyl groups is 1. The first-order valence-corrected chi connectivity index (χ1v) is 6.45. The maximum atomic E-state index is 11.7. The van der Waals surface area contributed by atoms with Crippen LogP contribution in [0.15, 0.2) is 28.9 Å². The Morgan fingerprint density at radius 1 is 1.62 bits per heavy atom. The van der Waals surface area contributed by atoms with Crippen molar-refractivity contribution in [3.05, 3.63) is 34.6 Å². The van der Waals surface area contributed by atoms with Gasteiger partial charge in [0.05, 0.1) is 5.92 Å². The minimum Gasteiger partial charge on any atom is -0.468 e. The van der Waals surface area contributed by atoms with Gasteiger partial charge in [-0.2, -0.15) is 4.98 Å². The third-order valence-electron chi connectivity index (χ3n) is 2.87. The van der Waals surface area contributed by atoms with E-state index in [-0.39, 0.29) is 30.1 Å². The van der Waals surface area contributed by atoms with Gasteiger partial charge in [-0.05, 0) is 12.1 Å². The van der Waals surface area contributed by atoms with Crippen LogP contribution in [-0.2, 0) is 14.3 Å². The lowest BCUT2D eigenvalue weighted by atomic mass is 10.2. The first-order valence-electron chi connectivity index (χ1n) is 6.45. The number of ether oxygens (including phenoxy) is 2. The highest BCUT2D eigenvalue weighted by Crippen LogP contribution is 2.25. The fraction of sp³-hybridized carbons (Fsp3) is 0.462. The Hall–Kier alpha value is -2.35. The molecule has 0 fully saturated rings. The van der Waals surface area contributed by atoms with Crippen LogP contribution in [0.5, 0.6) is 0 Å². The number of aliphatic hydroxyl groups excluding tert-OH is 1. The van der Waals surface area contributed by atoms with Crippen molar-refractivity contribution in [1.82, 2.24) is 9.55 Å². The number of nitrogens with two attached hydrogens (primary N) is 1. The molecular weight excluding hydrogens is 278 g/mol. The van der Waals surface area contributed by atoms with Crippen LogP contribution in [0.2, 0.25) is 0 Å². The molecule has 2 atom stereocenters. The Labute approximate surface area is 120 Å². The highest BCUT2D eigenvalue weighted by atomic mass is 16.6. The molecule has 0 radical (unpaired) electrons. The third kappa shape index (κ3) is 3.40. The van der Waals surface area contributed by atoms with Crippen LogP contribution >= 0.6 is 0 Å². The van der Waals surface area contributed by atoms with Gasteiger partial charge in [-0.3, -0.25) is 9.36 Å². The molecule has 0 aromatic carbocycles. The molecule has 0 aliphatic carbocycles. The highest BCUT2D eigenvalue weighted by Gasteiger charge is 2.30. The molecule has 8 nitrogen and oxygen atoms in total. The topological polar surface area (TPSA) is 117 Å². The first-order chi connectivity index (χ1) is 9.88. The van der Waals surface area contributed by atoms with Gasteiger partial charge in [0, 0.05) is 6.20 Å². The Morgan fingerprint density at radius 3 is 2.95 bits per heavy atom. The molecule has 0 unspecified atom stereocenters. The number of carbonyl (C=O) groups excluding carboxylic acids is 1. The van der Waals surface area contributed by atoms with Crippen LogP contribution in [-0.4, -0.2) is 33.3 Å². The van der Waals surface area contributed by atoms with Crippen LogP contribution in [0.1, 0.15) is 20.1 Å². The van der Waals surface area contributed by atoms with Crippen molar-refractivity contribution < 1.29 is 19.4 Å². The summed E-state index contributed by atoms with van der Waals surface area (Å²) in [5.41, 5.74) is 4.77. The van der Waals surface area contributed by atoms with Crippen molar-refractivity contribution in [2.75, 3.05) is 12.3 Å². The number of esters is 1. The van der Waals surface area contributed by atoms with Gasteiger partial charge in [0.15, 0.2) is 0 Å². The van der Waals surface area contributed by atoms with E-state index in [9.17, 15) is 14.7 Å². The van der Waals surface area contributed by atoms with Gasteiger partial charge >= 0.3 is 11.7 Å². The largest absolute Gasteiger partial charge is 0.468 e. The first kappa shape index (κ1) is 15.0. The van der Waals surface area contributed by atoms with E-state index in [0.717, 1.165) is 4.57 Å². The summed E-state index contributed by atoms with van der Waals surface area (Å²) in [6.45, 7) is 3.33. The number of aromatic nitrogens is 2. The number of nitrogens with zero attached hydrogens (tertiary/aromatic N) is 2. The summed E-state index contributed by atoms with van der Waals surface area (Å²) in [7, 11) is 0. The Morgan fingerprint density at radius 2 is 2.33 bits per heavy atom. The van der Waals surface area contributed by atoms with E-state index < -0.39 is 18.0 Å². The number of anilines is 1. The van der Waals surface area contributed by atoms with E-state index in [0.29, 0.717) is 0 Å². The van der Waals surface area contributed by atoms with Crippen molar-refractivity contribution in [1.29, 1.82) is 0 Å². The number of hydrogen-bond donors (Lipinski definition) is 2. The fourth-order valence-electron chi connectivity index (χ4n) is 1.77. The summed E-state index contributed by atoms with van der Waals surface area (Å²) in [4.78, 5) is 26.6. The number of carbonyl (C=O) groups is 1. The van der Waals surface area contributed by atoms with E-state index in [2.05, 4.69) is 4.98 Å². The Bertz CT molecular complexity index is 622. The molecule has 0 bridgehead atoms. The standard InChI is InChI=1S/C13H17N3O5/c1-7(2)12(18)20-6-8-5-9(17)11(21-8)16-4-3-10(14)15-13(16)19/h3-5,7,9,11,17H,6H2,1-2H3,(H2,14,15,19)/t9-,11-/m1/s1. The average Bonchev–Trinajstić information content (AvgIpc) is 2.77. The summed E-state index contributed by atoms with van der Waals surface area (Å²) in [6, 6.07) is 1.42. The van der Waals surface area contributed by atoms with Crippen LogP contribution in [0.25, 0.3) is 0 Å². The zero-order valence-electron chi connectivity index (χ0n) is 11.7. The predicted octanol–water partition coefficient (Wildman–Crippen LogP) is -0.202. The van der Waals surface area contributed by atoms with Crippen molar-refractivity contribution in [2.45, 2.75) is 26.2 Å². The zero-order chi connectivity index (χ0) is 15.6. The molecule has 1 aromatic rings. The number of rotatable bonds is 4. The molecule has 2 rings (SSSR count). The Balaban J connectivity index is 2.04. The molecule has 1 aliphatic rings. The second kappa shape index (κ2) is 5.96. The second-order valence-electron chi connectivity index (χ2n) is 4.94. The molecule has 21 heavy (non-hydrogen) atoms. The van der Waals surface area contributed by atoms with Gasteiger partial charge in [-0.15, -0.1) is 0 Å². The highest BCUT2D eigenvalue weighted by molar-refractivity contribution is 5.71. The van der Waals surface area contributed by atoms with E-state index in [1.165, 1.54) is 18.3 Å². The van der Waals surface area contributed by atoms with E-state index in [1.807, 2.05) is 0 Å². The zero-order valence-corrected chi connectivity index (χ0v) is 11.7. The minimum atomic E-state index is -1.04. The molecule has 8 heteroatoms. The smallest absolute Gasteiger partial charge is 0.352 e. The summed E-state index contributed by atoms with van der Waals surface area (Å²) < 4.78 is 11.5. The van der Waals surface area contributed by atoms with Gasteiger partial charge in [-0.25, -0.2) is 4.79 Å². The van der Waals surface area contributed by atoms with Crippen molar-refractivity contribution >= 4 is 11.8 Å². The van der Waals surface area contributed by atoms with Crippen molar-refractivity contribution in [2.24, 2.45) is 5.92 Å². The lowest BCUT2D eigenvalue weighted by Crippen LogP contribution is -2.32. The summed E-state index contributed by atoms with van der Waals surface area (Å²) >= 11 is 0. The maximum Gasteiger partial charge on any atom is 0.352 e. The SMILES string of the molecule is CC(C)C(=O)OCC1=C[C@@H](O)[C@H](n2ccc(N)nc2=O)O1. The van der Waals surface area contributed by atoms with Crippen molar-refractivity contribution in [3.63, 3.8) is 0 Å². The predicted molar refractivity (Wildman–Crippen MR) is 72.9 cm³/mol. The normalized spacial score (nSPS) is 21.0. The van der Waals surface area contributed by atoms with Gasteiger partial charge < -0.3 is 20.3 Å². The van der Waals surface area contributed by atoms with Gasteiger partial charge in [0.2, 0.25) is 6.23 Å². The maximum absolute atomic E-state index is 11.7. The van der Waals surface area contributed by atoms with Gasteiger partial charge in [-0.1, -0.05) is 13.8 Å². The third-order valence-corrected chi connectivity index (χ3v) is 2.87. The van der Waals surface area contributed by atoms with Gasteiger partial charge in [0.1, 0.15) is 24.3 Å². The van der Waals surface area contributed by atoms with Crippen LogP contribution < -0.4 is 11.4 Å². The van der Waals surface area contributed by atoms with E-state index in [1.54, 1.807) is 13.8 Å². The molecule has 114 valence electrons. The van der Waals surface area contributed by atoms with Crippen LogP contribution in [0, 0.1) is 5.92 Å². The Kier molecular flexibility index (Phi) is 4.27. The summed E-state index contributed by atoms with van der Waals surface area (Å²) in [6.07, 6.45) is 0.788. The van der Waals surface area contributed by atoms with Crippen molar-refractivity contribution in [3.8, 4) is 0 Å². The van der Waals surface area contributed by atoms with E-state index >= 15 is 0 Å². The number of nitrogen functional groups attached to an aromatic ring is 1. The molecule has 0 saturated heterocycles. The summed E-state index contributed by atoms with van der Waals surface area (Å²) in [5.74, 6) is -0.256. The minimum absolute atomic E-state index is 0.0859. The van der Waals surface area contributed by atoms with Gasteiger partial charge in [0.25, 0.3) is 0 Å². The van der Waals surface area contributed by atoms with Crippen LogP contribution in [0.4, 0.5) is 5.82 Å². The molecule has 1 aromatic heterocycles. The van der Waals surface area contributed by atoms with E-state index in [4.69, 9.17) is 15.2 Å². The molecule has 2 heterocycles. The molecule has 0 spiro atoms. The molecule has 3 N–H and O–H groups in total. The molecule has 1 aliphatic heterocycles. The molecule has 0 amide bonds.